The number of amides is 1. The van der Waals surface area contributed by atoms with Crippen LogP contribution in [0.15, 0.2) is 45.6 Å². The molecule has 2 aromatic carbocycles. The van der Waals surface area contributed by atoms with E-state index in [9.17, 15) is 9.59 Å². The number of rotatable bonds is 10. The van der Waals surface area contributed by atoms with Gasteiger partial charge in [0.2, 0.25) is 5.76 Å². The molecule has 8 nitrogen and oxygen atoms in total. The standard InChI is InChI=1S/C30H35ClN2O6/c1-19(2)9-14-38-24-7-5-20(17-25(24)36-3)27-26-28(34)22-18-21(31)6-8-23(22)39-29(26)30(35)33(27)11-4-10-32-12-15-37-16-13-32/h5-8,17-19,27H,4,9-16H2,1-3H3. The lowest BCUT2D eigenvalue weighted by molar-refractivity contribution is 0.0353. The molecule has 0 saturated carbocycles. The molecule has 3 aromatic rings. The fourth-order valence-corrected chi connectivity index (χ4v) is 5.41. The molecule has 0 spiro atoms. The van der Waals surface area contributed by atoms with Crippen molar-refractivity contribution in [3.63, 3.8) is 0 Å². The van der Waals surface area contributed by atoms with Gasteiger partial charge < -0.3 is 23.5 Å². The summed E-state index contributed by atoms with van der Waals surface area (Å²) in [7, 11) is 1.59. The SMILES string of the molecule is COc1cc(C2c3c(oc4ccc(Cl)cc4c3=O)C(=O)N2CCCN2CCOCC2)ccc1OCCC(C)C. The van der Waals surface area contributed by atoms with E-state index in [1.807, 2.05) is 18.2 Å². The molecule has 1 atom stereocenters. The second-order valence-electron chi connectivity index (χ2n) is 10.5. The highest BCUT2D eigenvalue weighted by molar-refractivity contribution is 6.31. The summed E-state index contributed by atoms with van der Waals surface area (Å²) in [6.07, 6.45) is 1.67. The molecule has 0 N–H and O–H groups in total. The van der Waals surface area contributed by atoms with Crippen LogP contribution in [0.4, 0.5) is 0 Å². The zero-order valence-electron chi connectivity index (χ0n) is 22.7. The Kier molecular flexibility index (Phi) is 8.45. The van der Waals surface area contributed by atoms with Gasteiger partial charge in [-0.3, -0.25) is 14.5 Å². The van der Waals surface area contributed by atoms with E-state index >= 15 is 0 Å². The predicted molar refractivity (Wildman–Crippen MR) is 150 cm³/mol. The zero-order valence-corrected chi connectivity index (χ0v) is 23.5. The number of carbonyl (C=O) groups is 1. The van der Waals surface area contributed by atoms with Crippen LogP contribution < -0.4 is 14.9 Å². The van der Waals surface area contributed by atoms with Crippen LogP contribution in [0.1, 0.15) is 54.4 Å². The van der Waals surface area contributed by atoms with Crippen molar-refractivity contribution in [2.75, 3.05) is 53.1 Å². The lowest BCUT2D eigenvalue weighted by Gasteiger charge is -2.29. The Morgan fingerprint density at radius 1 is 1.05 bits per heavy atom. The highest BCUT2D eigenvalue weighted by Gasteiger charge is 2.42. The van der Waals surface area contributed by atoms with E-state index in [2.05, 4.69) is 18.7 Å². The lowest BCUT2D eigenvalue weighted by atomic mass is 9.98. The van der Waals surface area contributed by atoms with E-state index < -0.39 is 6.04 Å². The van der Waals surface area contributed by atoms with Gasteiger partial charge in [0.1, 0.15) is 5.58 Å². The molecule has 208 valence electrons. The van der Waals surface area contributed by atoms with Crippen molar-refractivity contribution in [2.24, 2.45) is 5.92 Å². The Hall–Kier alpha value is -3.07. The van der Waals surface area contributed by atoms with Crippen LogP contribution in [-0.2, 0) is 4.74 Å². The number of ether oxygens (including phenoxy) is 3. The fourth-order valence-electron chi connectivity index (χ4n) is 5.24. The second kappa shape index (κ2) is 12.0. The van der Waals surface area contributed by atoms with E-state index in [1.54, 1.807) is 30.2 Å². The summed E-state index contributed by atoms with van der Waals surface area (Å²) in [4.78, 5) is 31.6. The summed E-state index contributed by atoms with van der Waals surface area (Å²) in [5.74, 6) is 1.50. The topological polar surface area (TPSA) is 81.5 Å². The quantitative estimate of drug-likeness (QED) is 0.343. The first-order chi connectivity index (χ1) is 18.9. The molecule has 0 bridgehead atoms. The van der Waals surface area contributed by atoms with Crippen LogP contribution >= 0.6 is 11.6 Å². The minimum Gasteiger partial charge on any atom is -0.493 e. The normalized spacial score (nSPS) is 17.7. The van der Waals surface area contributed by atoms with Crippen molar-refractivity contribution in [3.05, 3.63) is 68.5 Å². The number of hydrogen-bond acceptors (Lipinski definition) is 7. The van der Waals surface area contributed by atoms with Crippen molar-refractivity contribution in [2.45, 2.75) is 32.7 Å². The summed E-state index contributed by atoms with van der Waals surface area (Å²) < 4.78 is 23.2. The first-order valence-electron chi connectivity index (χ1n) is 13.6. The Morgan fingerprint density at radius 3 is 2.59 bits per heavy atom. The number of methoxy groups -OCH3 is 1. The molecule has 0 aliphatic carbocycles. The third-order valence-electron chi connectivity index (χ3n) is 7.36. The summed E-state index contributed by atoms with van der Waals surface area (Å²) in [5, 5.41) is 0.789. The number of morpholine rings is 1. The molecule has 39 heavy (non-hydrogen) atoms. The molecule has 1 saturated heterocycles. The van der Waals surface area contributed by atoms with Gasteiger partial charge in [-0.05, 0) is 54.7 Å². The van der Waals surface area contributed by atoms with Gasteiger partial charge in [0.15, 0.2) is 16.9 Å². The molecule has 1 amide bonds. The fraction of sp³-hybridized carbons (Fsp3) is 0.467. The van der Waals surface area contributed by atoms with Gasteiger partial charge >= 0.3 is 0 Å². The Morgan fingerprint density at radius 2 is 1.85 bits per heavy atom. The van der Waals surface area contributed by atoms with Gasteiger partial charge in [-0.2, -0.15) is 0 Å². The smallest absolute Gasteiger partial charge is 0.290 e. The number of hydrogen-bond donors (Lipinski definition) is 0. The molecule has 1 unspecified atom stereocenters. The van der Waals surface area contributed by atoms with Crippen molar-refractivity contribution >= 4 is 28.5 Å². The third-order valence-corrected chi connectivity index (χ3v) is 7.60. The molecular formula is C30H35ClN2O6. The molecule has 5 rings (SSSR count). The summed E-state index contributed by atoms with van der Waals surface area (Å²) in [6, 6.07) is 9.87. The van der Waals surface area contributed by atoms with Gasteiger partial charge in [-0.25, -0.2) is 0 Å². The lowest BCUT2D eigenvalue weighted by Crippen LogP contribution is -2.38. The average molecular weight is 555 g/mol. The van der Waals surface area contributed by atoms with E-state index in [0.717, 1.165) is 51.3 Å². The van der Waals surface area contributed by atoms with Crippen LogP contribution in [0.2, 0.25) is 5.02 Å². The molecule has 1 aromatic heterocycles. The molecule has 3 heterocycles. The second-order valence-corrected chi connectivity index (χ2v) is 10.9. The van der Waals surface area contributed by atoms with Gasteiger partial charge in [0, 0.05) is 31.2 Å². The molecule has 2 aliphatic rings. The number of benzene rings is 2. The van der Waals surface area contributed by atoms with Crippen LogP contribution in [0.3, 0.4) is 0 Å². The van der Waals surface area contributed by atoms with Crippen molar-refractivity contribution in [1.82, 2.24) is 9.80 Å². The first-order valence-corrected chi connectivity index (χ1v) is 13.9. The van der Waals surface area contributed by atoms with Crippen molar-refractivity contribution < 1.29 is 23.4 Å². The highest BCUT2D eigenvalue weighted by Crippen LogP contribution is 2.41. The average Bonchev–Trinajstić information content (AvgIpc) is 3.21. The number of carbonyl (C=O) groups excluding carboxylic acids is 1. The van der Waals surface area contributed by atoms with Crippen LogP contribution in [-0.4, -0.2) is 68.8 Å². The van der Waals surface area contributed by atoms with Crippen molar-refractivity contribution in [3.8, 4) is 11.5 Å². The highest BCUT2D eigenvalue weighted by atomic mass is 35.5. The monoisotopic (exact) mass is 554 g/mol. The van der Waals surface area contributed by atoms with E-state index in [-0.39, 0.29) is 17.1 Å². The third kappa shape index (κ3) is 5.78. The van der Waals surface area contributed by atoms with Crippen molar-refractivity contribution in [1.29, 1.82) is 0 Å². The largest absolute Gasteiger partial charge is 0.493 e. The zero-order chi connectivity index (χ0) is 27.5. The maximum absolute atomic E-state index is 13.8. The Bertz CT molecular complexity index is 1400. The van der Waals surface area contributed by atoms with Gasteiger partial charge in [-0.15, -0.1) is 0 Å². The number of fused-ring (bicyclic) bond motifs is 2. The predicted octanol–water partition coefficient (Wildman–Crippen LogP) is 5.15. The van der Waals surface area contributed by atoms with Crippen LogP contribution in [0, 0.1) is 5.92 Å². The first kappa shape index (κ1) is 27.5. The van der Waals surface area contributed by atoms with E-state index in [4.69, 9.17) is 30.2 Å². The maximum Gasteiger partial charge on any atom is 0.290 e. The van der Waals surface area contributed by atoms with Gasteiger partial charge in [0.05, 0.1) is 43.9 Å². The minimum atomic E-state index is -0.615. The summed E-state index contributed by atoms with van der Waals surface area (Å²) in [5.41, 5.74) is 1.18. The minimum absolute atomic E-state index is 0.0856. The number of nitrogens with zero attached hydrogens (tertiary/aromatic N) is 2. The summed E-state index contributed by atoms with van der Waals surface area (Å²) >= 11 is 6.21. The number of halogens is 1. The molecule has 1 fully saturated rings. The molecule has 9 heteroatoms. The van der Waals surface area contributed by atoms with Crippen LogP contribution in [0.25, 0.3) is 11.0 Å². The summed E-state index contributed by atoms with van der Waals surface area (Å²) in [6.45, 7) is 9.35. The van der Waals surface area contributed by atoms with E-state index in [0.29, 0.717) is 52.1 Å². The molecule has 2 aliphatic heterocycles. The van der Waals surface area contributed by atoms with E-state index in [1.165, 1.54) is 0 Å². The Labute approximate surface area is 233 Å². The Balaban J connectivity index is 1.51. The van der Waals surface area contributed by atoms with Gasteiger partial charge in [0.25, 0.3) is 5.91 Å². The molecule has 0 radical (unpaired) electrons. The van der Waals surface area contributed by atoms with Gasteiger partial charge in [-0.1, -0.05) is 31.5 Å². The molecular weight excluding hydrogens is 520 g/mol. The van der Waals surface area contributed by atoms with Crippen LogP contribution in [0.5, 0.6) is 11.5 Å². The maximum atomic E-state index is 13.8.